The van der Waals surface area contributed by atoms with Gasteiger partial charge in [-0.3, -0.25) is 9.59 Å². The van der Waals surface area contributed by atoms with Crippen molar-refractivity contribution in [1.82, 2.24) is 4.98 Å². The zero-order chi connectivity index (χ0) is 17.3. The highest BCUT2D eigenvalue weighted by Crippen LogP contribution is 2.28. The Morgan fingerprint density at radius 3 is 2.71 bits per heavy atom. The van der Waals surface area contributed by atoms with Gasteiger partial charge in [-0.15, -0.1) is 0 Å². The molecule has 124 valence electrons. The van der Waals surface area contributed by atoms with Gasteiger partial charge < -0.3 is 14.6 Å². The average Bonchev–Trinajstić information content (AvgIpc) is 3.21. The lowest BCUT2D eigenvalue weighted by molar-refractivity contribution is -0.126. The van der Waals surface area contributed by atoms with Crippen molar-refractivity contribution in [2.75, 3.05) is 11.4 Å². The number of esters is 1. The number of nitrogens with zero attached hydrogens (tertiary/aromatic N) is 1. The second-order valence-electron chi connectivity index (χ2n) is 5.77. The summed E-state index contributed by atoms with van der Waals surface area (Å²) in [7, 11) is 0. The van der Waals surface area contributed by atoms with Crippen molar-refractivity contribution >= 4 is 23.3 Å². The molecule has 1 amide bonds. The number of carbonyl (C=O) groups excluding carboxylic acids is 3. The lowest BCUT2D eigenvalue weighted by Crippen LogP contribution is -2.39. The molecule has 0 radical (unpaired) electrons. The van der Waals surface area contributed by atoms with Crippen LogP contribution < -0.4 is 4.90 Å². The maximum absolute atomic E-state index is 12.6. The van der Waals surface area contributed by atoms with Crippen LogP contribution in [0.3, 0.4) is 0 Å². The van der Waals surface area contributed by atoms with Crippen molar-refractivity contribution in [3.05, 3.63) is 53.3 Å². The quantitative estimate of drug-likeness (QED) is 0.691. The van der Waals surface area contributed by atoms with Crippen molar-refractivity contribution in [3.63, 3.8) is 0 Å². The summed E-state index contributed by atoms with van der Waals surface area (Å²) in [5.41, 5.74) is 2.53. The van der Waals surface area contributed by atoms with Gasteiger partial charge in [0.1, 0.15) is 5.69 Å². The number of carbonyl (C=O) groups is 3. The summed E-state index contributed by atoms with van der Waals surface area (Å²) in [5, 5.41) is 0. The Bertz CT molecular complexity index is 809. The summed E-state index contributed by atoms with van der Waals surface area (Å²) in [6.45, 7) is 3.54. The number of rotatable bonds is 4. The first-order chi connectivity index (χ1) is 11.5. The van der Waals surface area contributed by atoms with Gasteiger partial charge in [0.15, 0.2) is 11.9 Å². The van der Waals surface area contributed by atoms with Crippen LogP contribution in [0.15, 0.2) is 36.5 Å². The molecule has 2 aromatic rings. The number of para-hydroxylation sites is 1. The van der Waals surface area contributed by atoms with Crippen molar-refractivity contribution in [3.8, 4) is 0 Å². The van der Waals surface area contributed by atoms with Crippen LogP contribution in [0, 0.1) is 0 Å². The minimum absolute atomic E-state index is 0.150. The predicted molar refractivity (Wildman–Crippen MR) is 88.2 cm³/mol. The minimum atomic E-state index is -0.910. The molecule has 1 aliphatic rings. The van der Waals surface area contributed by atoms with E-state index in [0.717, 1.165) is 17.7 Å². The first kappa shape index (κ1) is 16.0. The topological polar surface area (TPSA) is 79.5 Å². The van der Waals surface area contributed by atoms with Crippen LogP contribution in [-0.4, -0.2) is 35.3 Å². The van der Waals surface area contributed by atoms with E-state index in [4.69, 9.17) is 4.74 Å². The molecule has 0 spiro atoms. The van der Waals surface area contributed by atoms with Crippen molar-refractivity contribution in [2.45, 2.75) is 26.4 Å². The molecule has 0 aliphatic carbocycles. The van der Waals surface area contributed by atoms with Gasteiger partial charge in [-0.05, 0) is 38.0 Å². The zero-order valence-electron chi connectivity index (χ0n) is 13.5. The Balaban J connectivity index is 1.68. The summed E-state index contributed by atoms with van der Waals surface area (Å²) >= 11 is 0. The third-order valence-electron chi connectivity index (χ3n) is 4.09. The number of ether oxygens (including phenoxy) is 1. The summed E-state index contributed by atoms with van der Waals surface area (Å²) < 4.78 is 5.25. The number of aromatic amines is 1. The second-order valence-corrected chi connectivity index (χ2v) is 5.77. The molecule has 0 fully saturated rings. The number of Topliss-reactive ketones (excluding diaryl/α,β-unsaturated/α-hetero) is 1. The molecule has 0 saturated heterocycles. The summed E-state index contributed by atoms with van der Waals surface area (Å²) in [6, 6.07) is 9.12. The van der Waals surface area contributed by atoms with E-state index in [9.17, 15) is 14.4 Å². The Hall–Kier alpha value is -2.89. The molecule has 24 heavy (non-hydrogen) atoms. The SMILES string of the molecule is CC(=O)c1c[nH]c(C(=O)O[C@H](C)C(=O)N2CCc3ccccc32)c1. The van der Waals surface area contributed by atoms with E-state index in [1.807, 2.05) is 24.3 Å². The van der Waals surface area contributed by atoms with Gasteiger partial charge >= 0.3 is 5.97 Å². The lowest BCUT2D eigenvalue weighted by atomic mass is 10.2. The monoisotopic (exact) mass is 326 g/mol. The normalized spacial score (nSPS) is 14.2. The molecule has 0 bridgehead atoms. The number of ketones is 1. The largest absolute Gasteiger partial charge is 0.448 e. The molecular formula is C18H18N2O4. The number of hydrogen-bond acceptors (Lipinski definition) is 4. The van der Waals surface area contributed by atoms with Gasteiger partial charge in [0.2, 0.25) is 0 Å². The van der Waals surface area contributed by atoms with Crippen molar-refractivity contribution in [1.29, 1.82) is 0 Å². The van der Waals surface area contributed by atoms with Crippen LogP contribution in [0.4, 0.5) is 5.69 Å². The Morgan fingerprint density at radius 2 is 2.00 bits per heavy atom. The van der Waals surface area contributed by atoms with Crippen molar-refractivity contribution < 1.29 is 19.1 Å². The second kappa shape index (κ2) is 6.31. The molecule has 1 aromatic carbocycles. The smallest absolute Gasteiger partial charge is 0.355 e. The molecule has 1 aromatic heterocycles. The predicted octanol–water partition coefficient (Wildman–Crippen LogP) is 2.35. The number of fused-ring (bicyclic) bond motifs is 1. The molecule has 6 heteroatoms. The van der Waals surface area contributed by atoms with Crippen LogP contribution in [0.2, 0.25) is 0 Å². The molecular weight excluding hydrogens is 308 g/mol. The van der Waals surface area contributed by atoms with E-state index < -0.39 is 12.1 Å². The van der Waals surface area contributed by atoms with Crippen LogP contribution in [-0.2, 0) is 16.0 Å². The first-order valence-corrected chi connectivity index (χ1v) is 7.77. The fourth-order valence-corrected chi connectivity index (χ4v) is 2.78. The summed E-state index contributed by atoms with van der Waals surface area (Å²) in [4.78, 5) is 40.3. The fourth-order valence-electron chi connectivity index (χ4n) is 2.78. The van der Waals surface area contributed by atoms with E-state index in [0.29, 0.717) is 12.1 Å². The first-order valence-electron chi connectivity index (χ1n) is 7.77. The summed E-state index contributed by atoms with van der Waals surface area (Å²) in [5.74, 6) is -1.06. The summed E-state index contributed by atoms with van der Waals surface area (Å²) in [6.07, 6.45) is 1.33. The van der Waals surface area contributed by atoms with Gasteiger partial charge in [0.25, 0.3) is 5.91 Å². The highest BCUT2D eigenvalue weighted by molar-refractivity contribution is 6.01. The van der Waals surface area contributed by atoms with Crippen LogP contribution >= 0.6 is 0 Å². The van der Waals surface area contributed by atoms with Gasteiger partial charge in [-0.2, -0.15) is 0 Å². The van der Waals surface area contributed by atoms with E-state index in [1.54, 1.807) is 11.8 Å². The molecule has 6 nitrogen and oxygen atoms in total. The van der Waals surface area contributed by atoms with Gasteiger partial charge in [0, 0.05) is 24.0 Å². The highest BCUT2D eigenvalue weighted by atomic mass is 16.5. The molecule has 3 rings (SSSR count). The number of H-pyrrole nitrogens is 1. The molecule has 2 heterocycles. The van der Waals surface area contributed by atoms with Gasteiger partial charge in [-0.1, -0.05) is 18.2 Å². The van der Waals surface area contributed by atoms with Gasteiger partial charge in [-0.25, -0.2) is 4.79 Å². The molecule has 0 unspecified atom stereocenters. The van der Waals surface area contributed by atoms with E-state index in [1.165, 1.54) is 19.2 Å². The number of benzene rings is 1. The molecule has 1 N–H and O–H groups in total. The number of anilines is 1. The van der Waals surface area contributed by atoms with E-state index >= 15 is 0 Å². The van der Waals surface area contributed by atoms with E-state index in [2.05, 4.69) is 4.98 Å². The zero-order valence-corrected chi connectivity index (χ0v) is 13.5. The maximum atomic E-state index is 12.6. The number of amides is 1. The Labute approximate surface area is 139 Å². The van der Waals surface area contributed by atoms with E-state index in [-0.39, 0.29) is 17.4 Å². The molecule has 1 aliphatic heterocycles. The fraction of sp³-hybridized carbons (Fsp3) is 0.278. The minimum Gasteiger partial charge on any atom is -0.448 e. The van der Waals surface area contributed by atoms with Crippen molar-refractivity contribution in [2.24, 2.45) is 0 Å². The highest BCUT2D eigenvalue weighted by Gasteiger charge is 2.30. The Kier molecular flexibility index (Phi) is 4.20. The van der Waals surface area contributed by atoms with Crippen LogP contribution in [0.5, 0.6) is 0 Å². The number of aromatic nitrogens is 1. The number of nitrogens with one attached hydrogen (secondary N) is 1. The van der Waals surface area contributed by atoms with Crippen LogP contribution in [0.1, 0.15) is 40.3 Å². The molecule has 0 saturated carbocycles. The van der Waals surface area contributed by atoms with Gasteiger partial charge in [0.05, 0.1) is 0 Å². The third-order valence-corrected chi connectivity index (χ3v) is 4.09. The lowest BCUT2D eigenvalue weighted by Gasteiger charge is -2.21. The standard InChI is InChI=1S/C18H18N2O4/c1-11(21)14-9-15(19-10-14)18(23)24-12(2)17(22)20-8-7-13-5-3-4-6-16(13)20/h3-6,9-10,12,19H,7-8H2,1-2H3/t12-/m1/s1. The molecule has 1 atom stereocenters. The maximum Gasteiger partial charge on any atom is 0.355 e. The number of hydrogen-bond donors (Lipinski definition) is 1. The van der Waals surface area contributed by atoms with Crippen LogP contribution in [0.25, 0.3) is 0 Å². The Morgan fingerprint density at radius 1 is 1.25 bits per heavy atom. The third kappa shape index (κ3) is 2.95. The average molecular weight is 326 g/mol.